The molecule has 132 valence electrons. The number of nitrogens with one attached hydrogen (secondary N) is 2. The summed E-state index contributed by atoms with van der Waals surface area (Å²) in [6, 6.07) is 3.92. The number of nitrogens with zero attached hydrogens (tertiary/aromatic N) is 2. The van der Waals surface area contributed by atoms with Crippen molar-refractivity contribution < 1.29 is 9.47 Å². The van der Waals surface area contributed by atoms with E-state index in [1.165, 1.54) is 0 Å². The third kappa shape index (κ3) is 9.60. The van der Waals surface area contributed by atoms with Gasteiger partial charge in [0.05, 0.1) is 6.61 Å². The predicted molar refractivity (Wildman–Crippen MR) is 105 cm³/mol. The molecule has 0 aliphatic rings. The Balaban J connectivity index is 0.00000484. The van der Waals surface area contributed by atoms with E-state index in [0.717, 1.165) is 44.1 Å². The quantitative estimate of drug-likeness (QED) is 0.256. The smallest absolute Gasteiger partial charge is 0.218 e. The van der Waals surface area contributed by atoms with Gasteiger partial charge in [0.1, 0.15) is 0 Å². The summed E-state index contributed by atoms with van der Waals surface area (Å²) in [5, 5.41) is 6.53. The predicted octanol–water partition coefficient (Wildman–Crippen LogP) is 2.58. The molecule has 0 bridgehead atoms. The van der Waals surface area contributed by atoms with Gasteiger partial charge in [0, 0.05) is 45.1 Å². The zero-order valence-electron chi connectivity index (χ0n) is 14.3. The molecule has 1 heterocycles. The van der Waals surface area contributed by atoms with Gasteiger partial charge in [0.25, 0.3) is 0 Å². The number of hydrogen-bond donors (Lipinski definition) is 2. The van der Waals surface area contributed by atoms with Gasteiger partial charge in [-0.25, -0.2) is 4.98 Å². The van der Waals surface area contributed by atoms with Crippen LogP contribution in [0.3, 0.4) is 0 Å². The molecule has 23 heavy (non-hydrogen) atoms. The second-order valence-electron chi connectivity index (χ2n) is 4.72. The van der Waals surface area contributed by atoms with Crippen LogP contribution in [-0.2, 0) is 11.3 Å². The van der Waals surface area contributed by atoms with Crippen molar-refractivity contribution in [2.75, 3.05) is 33.4 Å². The van der Waals surface area contributed by atoms with Gasteiger partial charge >= 0.3 is 0 Å². The van der Waals surface area contributed by atoms with Crippen molar-refractivity contribution in [2.24, 2.45) is 4.99 Å². The molecule has 1 rings (SSSR count). The van der Waals surface area contributed by atoms with E-state index in [4.69, 9.17) is 9.47 Å². The van der Waals surface area contributed by atoms with Crippen molar-refractivity contribution in [3.8, 4) is 5.88 Å². The number of halogens is 1. The Morgan fingerprint density at radius 3 is 2.78 bits per heavy atom. The Morgan fingerprint density at radius 2 is 2.09 bits per heavy atom. The summed E-state index contributed by atoms with van der Waals surface area (Å²) in [7, 11) is 1.76. The minimum Gasteiger partial charge on any atom is -0.477 e. The number of guanidine groups is 1. The highest BCUT2D eigenvalue weighted by Gasteiger charge is 2.05. The third-order valence-electron chi connectivity index (χ3n) is 2.92. The molecule has 0 aliphatic heterocycles. The average molecular weight is 436 g/mol. The van der Waals surface area contributed by atoms with Gasteiger partial charge in [-0.05, 0) is 25.8 Å². The van der Waals surface area contributed by atoms with E-state index in [1.807, 2.05) is 19.1 Å². The fraction of sp³-hybridized carbons (Fsp3) is 0.625. The molecule has 0 unspecified atom stereocenters. The first kappa shape index (κ1) is 21.9. The zero-order valence-corrected chi connectivity index (χ0v) is 16.6. The lowest BCUT2D eigenvalue weighted by atomic mass is 10.2. The van der Waals surface area contributed by atoms with Crippen LogP contribution >= 0.6 is 24.0 Å². The summed E-state index contributed by atoms with van der Waals surface area (Å²) in [4.78, 5) is 8.48. The highest BCUT2D eigenvalue weighted by Crippen LogP contribution is 2.13. The maximum absolute atomic E-state index is 5.65. The van der Waals surface area contributed by atoms with E-state index in [2.05, 4.69) is 27.5 Å². The Morgan fingerprint density at radius 1 is 1.26 bits per heavy atom. The molecule has 0 aromatic carbocycles. The SMILES string of the molecule is CCCOc1ncccc1CNC(=NC)NCCCOCC.I. The number of hydrogen-bond acceptors (Lipinski definition) is 4. The Labute approximate surface area is 156 Å². The molecule has 1 aromatic rings. The Hall–Kier alpha value is -1.09. The topological polar surface area (TPSA) is 67.8 Å². The largest absolute Gasteiger partial charge is 0.477 e. The van der Waals surface area contributed by atoms with Crippen molar-refractivity contribution in [3.63, 3.8) is 0 Å². The molecule has 0 amide bonds. The molecule has 6 nitrogen and oxygen atoms in total. The van der Waals surface area contributed by atoms with Crippen LogP contribution < -0.4 is 15.4 Å². The van der Waals surface area contributed by atoms with Crippen molar-refractivity contribution in [1.29, 1.82) is 0 Å². The fourth-order valence-corrected chi connectivity index (χ4v) is 1.81. The molecule has 0 fully saturated rings. The molecule has 2 N–H and O–H groups in total. The molecule has 7 heteroatoms. The second-order valence-corrected chi connectivity index (χ2v) is 4.72. The number of rotatable bonds is 10. The summed E-state index contributed by atoms with van der Waals surface area (Å²) >= 11 is 0. The van der Waals surface area contributed by atoms with Crippen LogP contribution in [0.1, 0.15) is 32.3 Å². The average Bonchev–Trinajstić information content (AvgIpc) is 2.56. The first-order valence-electron chi connectivity index (χ1n) is 7.90. The monoisotopic (exact) mass is 436 g/mol. The maximum atomic E-state index is 5.65. The zero-order chi connectivity index (χ0) is 16.0. The number of aliphatic imine (C=N–C) groups is 1. The summed E-state index contributed by atoms with van der Waals surface area (Å²) in [5.41, 5.74) is 1.02. The lowest BCUT2D eigenvalue weighted by Crippen LogP contribution is -2.37. The lowest BCUT2D eigenvalue weighted by Gasteiger charge is -2.14. The summed E-state index contributed by atoms with van der Waals surface area (Å²) in [6.07, 6.45) is 3.66. The third-order valence-corrected chi connectivity index (χ3v) is 2.92. The maximum Gasteiger partial charge on any atom is 0.218 e. The van der Waals surface area contributed by atoms with E-state index in [-0.39, 0.29) is 24.0 Å². The van der Waals surface area contributed by atoms with Gasteiger partial charge in [-0.2, -0.15) is 0 Å². The van der Waals surface area contributed by atoms with Crippen molar-refractivity contribution in [1.82, 2.24) is 15.6 Å². The van der Waals surface area contributed by atoms with Gasteiger partial charge in [-0.1, -0.05) is 13.0 Å². The van der Waals surface area contributed by atoms with Crippen LogP contribution in [0.2, 0.25) is 0 Å². The van der Waals surface area contributed by atoms with Gasteiger partial charge < -0.3 is 20.1 Å². The van der Waals surface area contributed by atoms with E-state index >= 15 is 0 Å². The molecule has 0 radical (unpaired) electrons. The van der Waals surface area contributed by atoms with E-state index in [0.29, 0.717) is 19.0 Å². The molecule has 1 aromatic heterocycles. The van der Waals surface area contributed by atoms with Crippen LogP contribution in [0.4, 0.5) is 0 Å². The van der Waals surface area contributed by atoms with Gasteiger partial charge in [-0.3, -0.25) is 4.99 Å². The minimum atomic E-state index is 0. The van der Waals surface area contributed by atoms with Gasteiger partial charge in [-0.15, -0.1) is 24.0 Å². The molecule has 0 aliphatic carbocycles. The second kappa shape index (κ2) is 14.5. The molecular formula is C16H29IN4O2. The van der Waals surface area contributed by atoms with Crippen molar-refractivity contribution in [3.05, 3.63) is 23.9 Å². The molecular weight excluding hydrogens is 407 g/mol. The highest BCUT2D eigenvalue weighted by atomic mass is 127. The minimum absolute atomic E-state index is 0. The number of pyridine rings is 1. The van der Waals surface area contributed by atoms with E-state index in [1.54, 1.807) is 13.2 Å². The lowest BCUT2D eigenvalue weighted by molar-refractivity contribution is 0.145. The number of aromatic nitrogens is 1. The highest BCUT2D eigenvalue weighted by molar-refractivity contribution is 14.0. The standard InChI is InChI=1S/C16H28N4O2.HI/c1-4-11-22-15-14(8-6-9-18-15)13-20-16(17-3)19-10-7-12-21-5-2;/h6,8-9H,4-5,7,10-13H2,1-3H3,(H2,17,19,20);1H. The van der Waals surface area contributed by atoms with Crippen molar-refractivity contribution in [2.45, 2.75) is 33.2 Å². The molecule has 0 saturated heterocycles. The summed E-state index contributed by atoms with van der Waals surface area (Å²) in [6.45, 7) is 7.72. The summed E-state index contributed by atoms with van der Waals surface area (Å²) < 4.78 is 11.0. The first-order valence-corrected chi connectivity index (χ1v) is 7.90. The van der Waals surface area contributed by atoms with Gasteiger partial charge in [0.2, 0.25) is 5.88 Å². The Bertz CT molecular complexity index is 444. The fourth-order valence-electron chi connectivity index (χ4n) is 1.81. The van der Waals surface area contributed by atoms with Crippen LogP contribution in [0, 0.1) is 0 Å². The Kier molecular flexibility index (Phi) is 13.8. The number of ether oxygens (including phenoxy) is 2. The van der Waals surface area contributed by atoms with Crippen LogP contribution in [0.5, 0.6) is 5.88 Å². The van der Waals surface area contributed by atoms with Crippen molar-refractivity contribution >= 4 is 29.9 Å². The molecule has 0 atom stereocenters. The van der Waals surface area contributed by atoms with Crippen LogP contribution in [0.15, 0.2) is 23.3 Å². The van der Waals surface area contributed by atoms with Crippen LogP contribution in [0.25, 0.3) is 0 Å². The van der Waals surface area contributed by atoms with E-state index in [9.17, 15) is 0 Å². The summed E-state index contributed by atoms with van der Waals surface area (Å²) in [5.74, 6) is 1.45. The van der Waals surface area contributed by atoms with Gasteiger partial charge in [0.15, 0.2) is 5.96 Å². The normalized spacial score (nSPS) is 10.8. The van der Waals surface area contributed by atoms with E-state index < -0.39 is 0 Å². The molecule has 0 spiro atoms. The molecule has 0 saturated carbocycles. The first-order chi connectivity index (χ1) is 10.8. The van der Waals surface area contributed by atoms with Crippen LogP contribution in [-0.4, -0.2) is 44.4 Å².